The quantitative estimate of drug-likeness (QED) is 0.133. The van der Waals surface area contributed by atoms with Gasteiger partial charge in [-0.2, -0.15) is 0 Å². The minimum Gasteiger partial charge on any atom is -0.412 e. The molecule has 4 N–H and O–H groups in total. The fourth-order valence-corrected chi connectivity index (χ4v) is 3.23. The Bertz CT molecular complexity index is 2260. The van der Waals surface area contributed by atoms with E-state index < -0.39 is 0 Å². The van der Waals surface area contributed by atoms with Gasteiger partial charge in [0.2, 0.25) is 0 Å². The molecular weight excluding hydrogens is 621 g/mol. The summed E-state index contributed by atoms with van der Waals surface area (Å²) in [4.78, 5) is 22.5. The Morgan fingerprint density at radius 3 is 1.78 bits per heavy atom. The Hall–Kier alpha value is -8.14. The Balaban J connectivity index is -0.0000000977. The van der Waals surface area contributed by atoms with E-state index in [4.69, 9.17) is 17.5 Å². The van der Waals surface area contributed by atoms with Gasteiger partial charge in [-0.25, -0.2) is 0 Å². The van der Waals surface area contributed by atoms with E-state index in [1.54, 1.807) is 36.6 Å². The van der Waals surface area contributed by atoms with Gasteiger partial charge in [-0.15, -0.1) is 12.0 Å². The topological polar surface area (TPSA) is 147 Å². The van der Waals surface area contributed by atoms with Crippen LogP contribution in [0.1, 0.15) is 47.6 Å². The standard InChI is InChI=1S/C21H21N3O.C21H4.HN3.H2O.8H2/c1-16(9-10-17-6-3-2-4-7-17)24-21(25)20-12-19(14-23-15-20)18-8-5-11-22-13-18;1-3-5-7-9-11-13-15-17-19-21-20-18-16-14-12-10-8-6-4-2;1-3-2;;;;;;;;;/h2-8,11-16H,9-10H2,1H3,(H,24,25);1H,2H3;1H;1H2;8*1H. The van der Waals surface area contributed by atoms with Gasteiger partial charge in [0.05, 0.1) is 5.56 Å². The van der Waals surface area contributed by atoms with Crippen molar-refractivity contribution in [1.29, 1.82) is 5.53 Å². The fraction of sp³-hybridized carbons (Fsp3) is 0.119. The first-order valence-electron chi connectivity index (χ1n) is 14.1. The number of nitrogens with zero attached hydrogens (tertiary/aromatic N) is 4. The Kier molecular flexibility index (Phi) is 24.8. The van der Waals surface area contributed by atoms with Gasteiger partial charge < -0.3 is 10.8 Å². The first-order valence-corrected chi connectivity index (χ1v) is 14.1. The molecule has 0 aliphatic carbocycles. The number of carbonyl (C=O) groups excluding carboxylic acids is 1. The second-order valence-electron chi connectivity index (χ2n) is 8.72. The molecule has 1 atom stereocenters. The van der Waals surface area contributed by atoms with Crippen molar-refractivity contribution in [3.8, 4) is 130 Å². The lowest BCUT2D eigenvalue weighted by Crippen LogP contribution is -2.33. The second kappa shape index (κ2) is 29.6. The maximum atomic E-state index is 12.5. The number of benzene rings is 1. The molecule has 1 amide bonds. The van der Waals surface area contributed by atoms with Crippen LogP contribution in [0.4, 0.5) is 0 Å². The summed E-state index contributed by atoms with van der Waals surface area (Å²) in [5, 5.41) is 3.05. The van der Waals surface area contributed by atoms with E-state index in [1.807, 2.05) is 43.3 Å². The average molecular weight is 665 g/mol. The van der Waals surface area contributed by atoms with Gasteiger partial charge in [0.25, 0.3) is 5.91 Å². The predicted octanol–water partition coefficient (Wildman–Crippen LogP) is 6.58. The third kappa shape index (κ3) is 21.5. The van der Waals surface area contributed by atoms with Crippen molar-refractivity contribution in [2.24, 2.45) is 0 Å². The zero-order valence-electron chi connectivity index (χ0n) is 27.2. The summed E-state index contributed by atoms with van der Waals surface area (Å²) in [7, 11) is 0. The molecule has 1 aromatic carbocycles. The minimum absolute atomic E-state index is 0. The average Bonchev–Trinajstić information content (AvgIpc) is 3.13. The van der Waals surface area contributed by atoms with E-state index in [-0.39, 0.29) is 28.8 Å². The first kappa shape index (κ1) is 41.9. The highest BCUT2D eigenvalue weighted by molar-refractivity contribution is 5.95. The van der Waals surface area contributed by atoms with Crippen molar-refractivity contribution in [2.45, 2.75) is 32.7 Å². The van der Waals surface area contributed by atoms with Gasteiger partial charge >= 0.3 is 0 Å². The highest BCUT2D eigenvalue weighted by Crippen LogP contribution is 2.18. The summed E-state index contributed by atoms with van der Waals surface area (Å²) in [5.41, 5.74) is 15.9. The SMILES string of the molecule is C#CC#CC#CC#CC#CC#CC#CC#CC#CC#CC.CC(CCc1ccccc1)NC(=O)c1cncc(-c2cccnc2)c1.O.[HH].[HH].[HH].[HH].[HH].[HH].[HH].[HH].[N-]=[N+]=N. The number of hydrogen-bond acceptors (Lipinski definition) is 4. The monoisotopic (exact) mass is 664 g/mol. The van der Waals surface area contributed by atoms with E-state index in [0.29, 0.717) is 5.56 Å². The number of amides is 1. The van der Waals surface area contributed by atoms with Crippen molar-refractivity contribution < 1.29 is 21.7 Å². The normalized spacial score (nSPS) is 7.62. The number of rotatable bonds is 6. The van der Waals surface area contributed by atoms with Crippen LogP contribution in [0.5, 0.6) is 0 Å². The van der Waals surface area contributed by atoms with Crippen molar-refractivity contribution in [3.63, 3.8) is 0 Å². The summed E-state index contributed by atoms with van der Waals surface area (Å²) in [6, 6.07) is 16.1. The number of carbonyl (C=O) groups is 1. The van der Waals surface area contributed by atoms with Gasteiger partial charge in [-0.05, 0) is 150 Å². The predicted molar refractivity (Wildman–Crippen MR) is 214 cm³/mol. The number of pyridine rings is 2. The molecule has 1 unspecified atom stereocenters. The maximum absolute atomic E-state index is 12.5. The van der Waals surface area contributed by atoms with Gasteiger partial charge in [-0.1, -0.05) is 42.3 Å². The third-order valence-electron chi connectivity index (χ3n) is 5.28. The fourth-order valence-electron chi connectivity index (χ4n) is 3.23. The molecule has 0 spiro atoms. The zero-order chi connectivity index (χ0) is 35.6. The molecule has 254 valence electrons. The van der Waals surface area contributed by atoms with Gasteiger partial charge in [0, 0.05) is 65.2 Å². The van der Waals surface area contributed by atoms with Crippen molar-refractivity contribution in [1.82, 2.24) is 15.3 Å². The van der Waals surface area contributed by atoms with Crippen molar-refractivity contribution >= 4 is 5.91 Å². The van der Waals surface area contributed by atoms with Crippen molar-refractivity contribution in [3.05, 3.63) is 94.9 Å². The molecule has 2 aromatic heterocycles. The van der Waals surface area contributed by atoms with E-state index in [1.165, 1.54) is 5.56 Å². The molecule has 0 aliphatic rings. The van der Waals surface area contributed by atoms with E-state index in [2.05, 4.69) is 140 Å². The highest BCUT2D eigenvalue weighted by Gasteiger charge is 2.11. The molecule has 8 heteroatoms. The smallest absolute Gasteiger partial charge is 0.253 e. The van der Waals surface area contributed by atoms with Gasteiger partial charge in [-0.3, -0.25) is 14.8 Å². The first-order chi connectivity index (χ1) is 24.0. The van der Waals surface area contributed by atoms with Crippen LogP contribution in [-0.4, -0.2) is 27.4 Å². The maximum Gasteiger partial charge on any atom is 0.253 e. The number of hydrogen-bond donors (Lipinski definition) is 2. The van der Waals surface area contributed by atoms with E-state index in [9.17, 15) is 4.79 Å². The summed E-state index contributed by atoms with van der Waals surface area (Å²) in [6.07, 6.45) is 13.6. The van der Waals surface area contributed by atoms with Gasteiger partial charge in [0.15, 0.2) is 0 Å². The molecule has 0 saturated heterocycles. The largest absolute Gasteiger partial charge is 0.412 e. The highest BCUT2D eigenvalue weighted by atomic mass is 16.1. The van der Waals surface area contributed by atoms with Crippen LogP contribution in [0.3, 0.4) is 0 Å². The van der Waals surface area contributed by atoms with Crippen molar-refractivity contribution in [2.75, 3.05) is 0 Å². The number of aryl methyl sites for hydroxylation is 1. The summed E-state index contributed by atoms with van der Waals surface area (Å²) in [6.45, 7) is 3.72. The molecule has 50 heavy (non-hydrogen) atoms. The zero-order valence-corrected chi connectivity index (χ0v) is 27.2. The summed E-state index contributed by atoms with van der Waals surface area (Å²) < 4.78 is 0. The van der Waals surface area contributed by atoms with Crippen LogP contribution in [0.2, 0.25) is 0 Å². The minimum atomic E-state index is -0.0983. The number of aromatic nitrogens is 2. The van der Waals surface area contributed by atoms with E-state index in [0.717, 1.165) is 24.0 Å². The second-order valence-corrected chi connectivity index (χ2v) is 8.72. The molecular formula is C42H44N6O2. The molecule has 0 aliphatic heterocycles. The van der Waals surface area contributed by atoms with Crippen LogP contribution < -0.4 is 5.32 Å². The Labute approximate surface area is 305 Å². The molecule has 0 bridgehead atoms. The lowest BCUT2D eigenvalue weighted by atomic mass is 10.1. The van der Waals surface area contributed by atoms with Crippen LogP contribution in [0.15, 0.2) is 73.3 Å². The number of terminal acetylenes is 1. The molecule has 0 saturated carbocycles. The Morgan fingerprint density at radius 2 is 1.30 bits per heavy atom. The molecule has 8 nitrogen and oxygen atoms in total. The molecule has 2 heterocycles. The molecule has 3 rings (SSSR count). The molecule has 3 aromatic rings. The lowest BCUT2D eigenvalue weighted by molar-refractivity contribution is 0.0938. The van der Waals surface area contributed by atoms with Crippen LogP contribution in [0, 0.1) is 124 Å². The van der Waals surface area contributed by atoms with Crippen LogP contribution in [-0.2, 0) is 6.42 Å². The van der Waals surface area contributed by atoms with Crippen LogP contribution >= 0.6 is 0 Å². The Morgan fingerprint density at radius 1 is 0.800 bits per heavy atom. The molecule has 0 radical (unpaired) electrons. The molecule has 0 fully saturated rings. The van der Waals surface area contributed by atoms with Gasteiger partial charge in [0.1, 0.15) is 0 Å². The van der Waals surface area contributed by atoms with E-state index >= 15 is 0 Å². The van der Waals surface area contributed by atoms with Crippen LogP contribution in [0.25, 0.3) is 21.6 Å². The lowest BCUT2D eigenvalue weighted by Gasteiger charge is -2.14. The third-order valence-corrected chi connectivity index (χ3v) is 5.28. The number of nitrogens with one attached hydrogen (secondary N) is 2. The summed E-state index contributed by atoms with van der Waals surface area (Å²) >= 11 is 0. The summed E-state index contributed by atoms with van der Waals surface area (Å²) in [5.74, 6) is 46.8.